The number of benzene rings is 2. The minimum Gasteiger partial charge on any atom is -0.388 e. The molecule has 2 nitrogen and oxygen atoms in total. The fourth-order valence-electron chi connectivity index (χ4n) is 2.30. The zero-order valence-electron chi connectivity index (χ0n) is 11.8. The van der Waals surface area contributed by atoms with Crippen LogP contribution in [0.2, 0.25) is 0 Å². The molecule has 2 aromatic carbocycles. The van der Waals surface area contributed by atoms with Crippen LogP contribution in [0.3, 0.4) is 0 Å². The molecule has 0 aromatic heterocycles. The van der Waals surface area contributed by atoms with Gasteiger partial charge in [0, 0.05) is 16.8 Å². The lowest BCUT2D eigenvalue weighted by Gasteiger charge is -2.30. The van der Waals surface area contributed by atoms with Gasteiger partial charge in [-0.2, -0.15) is 0 Å². The van der Waals surface area contributed by atoms with Crippen molar-refractivity contribution in [2.75, 3.05) is 13.2 Å². The van der Waals surface area contributed by atoms with Gasteiger partial charge in [-0.3, -0.25) is 0 Å². The lowest BCUT2D eigenvalue weighted by atomic mass is 10.4. The Balaban J connectivity index is 2.58. The molecule has 0 atom stereocenters. The molecule has 4 heteroatoms. The van der Waals surface area contributed by atoms with Gasteiger partial charge in [-0.25, -0.2) is 0 Å². The maximum absolute atomic E-state index is 6.21. The molecule has 0 fully saturated rings. The van der Waals surface area contributed by atoms with Crippen LogP contribution in [0.1, 0.15) is 13.8 Å². The van der Waals surface area contributed by atoms with E-state index in [1.54, 1.807) is 0 Å². The summed E-state index contributed by atoms with van der Waals surface area (Å²) in [6.45, 7) is 5.34. The van der Waals surface area contributed by atoms with Gasteiger partial charge in [-0.05, 0) is 58.9 Å². The van der Waals surface area contributed by atoms with Crippen molar-refractivity contribution in [3.05, 3.63) is 58.2 Å². The van der Waals surface area contributed by atoms with Gasteiger partial charge in [0.15, 0.2) is 0 Å². The van der Waals surface area contributed by atoms with Crippen LogP contribution in [0.15, 0.2) is 54.6 Å². The first-order chi connectivity index (χ1) is 9.73. The van der Waals surface area contributed by atoms with Gasteiger partial charge < -0.3 is 8.85 Å². The summed E-state index contributed by atoms with van der Waals surface area (Å²) in [6.07, 6.45) is 0. The Hall–Kier alpha value is -0.693. The van der Waals surface area contributed by atoms with Gasteiger partial charge in [0.25, 0.3) is 0 Å². The maximum atomic E-state index is 6.21. The van der Waals surface area contributed by atoms with E-state index in [0.29, 0.717) is 13.2 Å². The zero-order valence-corrected chi connectivity index (χ0v) is 15.0. The topological polar surface area (TPSA) is 18.5 Å². The molecule has 0 aliphatic heterocycles. The molecule has 106 valence electrons. The average Bonchev–Trinajstić information content (AvgIpc) is 2.48. The average molecular weight is 398 g/mol. The quantitative estimate of drug-likeness (QED) is 0.551. The van der Waals surface area contributed by atoms with Gasteiger partial charge in [0.05, 0.1) is 0 Å². The summed E-state index contributed by atoms with van der Waals surface area (Å²) >= 11 is 2.33. The summed E-state index contributed by atoms with van der Waals surface area (Å²) in [7, 11) is -2.58. The molecule has 0 unspecified atom stereocenters. The highest BCUT2D eigenvalue weighted by Gasteiger charge is 2.42. The Bertz CT molecular complexity index is 539. The molecule has 0 N–H and O–H groups in total. The molecule has 0 spiro atoms. The van der Waals surface area contributed by atoms with Crippen molar-refractivity contribution in [2.45, 2.75) is 13.8 Å². The summed E-state index contributed by atoms with van der Waals surface area (Å²) < 4.78 is 13.6. The molecule has 0 aliphatic carbocycles. The second-order valence-electron chi connectivity index (χ2n) is 4.36. The lowest BCUT2D eigenvalue weighted by molar-refractivity contribution is 0.208. The van der Waals surface area contributed by atoms with Crippen LogP contribution in [0, 0.1) is 3.57 Å². The normalized spacial score (nSPS) is 11.6. The Morgan fingerprint density at radius 3 is 2.00 bits per heavy atom. The highest BCUT2D eigenvalue weighted by Crippen LogP contribution is 2.12. The van der Waals surface area contributed by atoms with Crippen LogP contribution >= 0.6 is 22.6 Å². The van der Waals surface area contributed by atoms with Crippen molar-refractivity contribution in [2.24, 2.45) is 0 Å². The molecule has 0 bridgehead atoms. The second kappa shape index (κ2) is 7.35. The van der Waals surface area contributed by atoms with Crippen LogP contribution in [0.25, 0.3) is 0 Å². The van der Waals surface area contributed by atoms with E-state index in [2.05, 4.69) is 59.0 Å². The van der Waals surface area contributed by atoms with E-state index in [9.17, 15) is 0 Å². The molecule has 0 radical (unpaired) electrons. The first kappa shape index (κ1) is 15.7. The number of rotatable bonds is 6. The van der Waals surface area contributed by atoms with E-state index in [0.717, 1.165) is 5.19 Å². The van der Waals surface area contributed by atoms with Gasteiger partial charge in [0.2, 0.25) is 0 Å². The number of hydrogen-bond acceptors (Lipinski definition) is 2. The third kappa shape index (κ3) is 3.31. The van der Waals surface area contributed by atoms with Crippen molar-refractivity contribution in [3.8, 4) is 0 Å². The van der Waals surface area contributed by atoms with Crippen molar-refractivity contribution in [1.82, 2.24) is 0 Å². The summed E-state index contributed by atoms with van der Waals surface area (Å²) in [5.74, 6) is 0. The van der Waals surface area contributed by atoms with Gasteiger partial charge in [-0.1, -0.05) is 42.5 Å². The predicted octanol–water partition coefficient (Wildman–Crippen LogP) is 2.92. The molecule has 0 amide bonds. The van der Waals surface area contributed by atoms with Crippen LogP contribution in [0.5, 0.6) is 0 Å². The Morgan fingerprint density at radius 1 is 0.850 bits per heavy atom. The standard InChI is InChI=1S/C16H19IO2Si/c1-3-18-20(19-4-2,15-10-6-5-7-11-15)16-12-8-9-14(17)13-16/h5-13H,3-4H2,1-2H3. The highest BCUT2D eigenvalue weighted by atomic mass is 127. The number of hydrogen-bond donors (Lipinski definition) is 0. The van der Waals surface area contributed by atoms with Crippen molar-refractivity contribution < 1.29 is 8.85 Å². The van der Waals surface area contributed by atoms with Crippen molar-refractivity contribution in [1.29, 1.82) is 0 Å². The molecule has 0 saturated heterocycles. The first-order valence-electron chi connectivity index (χ1n) is 6.82. The van der Waals surface area contributed by atoms with Crippen LogP contribution in [0.4, 0.5) is 0 Å². The molecule has 0 aliphatic rings. The molecular weight excluding hydrogens is 379 g/mol. The lowest BCUT2D eigenvalue weighted by Crippen LogP contribution is -2.63. The van der Waals surface area contributed by atoms with E-state index in [-0.39, 0.29) is 0 Å². The SMILES string of the molecule is CCO[Si](OCC)(c1ccccc1)c1cccc(I)c1. The highest BCUT2D eigenvalue weighted by molar-refractivity contribution is 14.1. The Labute approximate surface area is 135 Å². The predicted molar refractivity (Wildman–Crippen MR) is 93.9 cm³/mol. The Kier molecular flexibility index (Phi) is 5.77. The third-order valence-electron chi connectivity index (χ3n) is 3.05. The van der Waals surface area contributed by atoms with Gasteiger partial charge in [0.1, 0.15) is 0 Å². The van der Waals surface area contributed by atoms with E-state index in [1.165, 1.54) is 8.76 Å². The number of halogens is 1. The second-order valence-corrected chi connectivity index (χ2v) is 8.57. The molecule has 2 aromatic rings. The maximum Gasteiger partial charge on any atom is 0.407 e. The third-order valence-corrected chi connectivity index (χ3v) is 7.28. The van der Waals surface area contributed by atoms with Crippen LogP contribution in [-0.2, 0) is 8.85 Å². The summed E-state index contributed by atoms with van der Waals surface area (Å²) in [4.78, 5) is 0. The van der Waals surface area contributed by atoms with Crippen LogP contribution < -0.4 is 10.4 Å². The van der Waals surface area contributed by atoms with Crippen LogP contribution in [-0.4, -0.2) is 21.8 Å². The first-order valence-corrected chi connectivity index (χ1v) is 9.72. The minimum atomic E-state index is -2.58. The molecule has 0 heterocycles. The van der Waals surface area contributed by atoms with E-state index in [4.69, 9.17) is 8.85 Å². The van der Waals surface area contributed by atoms with E-state index >= 15 is 0 Å². The van der Waals surface area contributed by atoms with Gasteiger partial charge >= 0.3 is 8.56 Å². The smallest absolute Gasteiger partial charge is 0.388 e. The minimum absolute atomic E-state index is 0.645. The van der Waals surface area contributed by atoms with Crippen molar-refractivity contribution >= 4 is 41.5 Å². The molecule has 2 rings (SSSR count). The monoisotopic (exact) mass is 398 g/mol. The summed E-state index contributed by atoms with van der Waals surface area (Å²) in [5, 5.41) is 2.32. The summed E-state index contributed by atoms with van der Waals surface area (Å²) in [6, 6.07) is 18.8. The Morgan fingerprint density at radius 2 is 1.45 bits per heavy atom. The summed E-state index contributed by atoms with van der Waals surface area (Å²) in [5.41, 5.74) is 0. The fraction of sp³-hybridized carbons (Fsp3) is 0.250. The van der Waals surface area contributed by atoms with Gasteiger partial charge in [-0.15, -0.1) is 0 Å². The van der Waals surface area contributed by atoms with Crippen molar-refractivity contribution in [3.63, 3.8) is 0 Å². The van der Waals surface area contributed by atoms with E-state index < -0.39 is 8.56 Å². The largest absolute Gasteiger partial charge is 0.407 e. The zero-order chi connectivity index (χ0) is 14.4. The fourth-order valence-corrected chi connectivity index (χ4v) is 6.32. The molecule has 20 heavy (non-hydrogen) atoms. The molecular formula is C16H19IO2Si. The van der Waals surface area contributed by atoms with E-state index in [1.807, 2.05) is 32.0 Å². The molecule has 0 saturated carbocycles.